The fourth-order valence-corrected chi connectivity index (χ4v) is 2.20. The molecule has 0 saturated heterocycles. The second-order valence-electron chi connectivity index (χ2n) is 4.57. The fourth-order valence-electron chi connectivity index (χ4n) is 2.20. The molecule has 0 atom stereocenters. The van der Waals surface area contributed by atoms with Crippen molar-refractivity contribution >= 4 is 11.7 Å². The number of ether oxygens (including phenoxy) is 1. The summed E-state index contributed by atoms with van der Waals surface area (Å²) in [6, 6.07) is 7.86. The zero-order valence-electron chi connectivity index (χ0n) is 11.9. The first-order chi connectivity index (χ1) is 9.93. The summed E-state index contributed by atoms with van der Waals surface area (Å²) in [7, 11) is 1.29. The second-order valence-corrected chi connectivity index (χ2v) is 4.57. The Morgan fingerprint density at radius 1 is 1.29 bits per heavy atom. The number of nitrogens with zero attached hydrogens (tertiary/aromatic N) is 2. The van der Waals surface area contributed by atoms with Gasteiger partial charge in [0.1, 0.15) is 0 Å². The van der Waals surface area contributed by atoms with Crippen molar-refractivity contribution < 1.29 is 14.5 Å². The molecule has 0 N–H and O–H groups in total. The molecule has 21 heavy (non-hydrogen) atoms. The monoisotopic (exact) mass is 286 g/mol. The number of hydrogen-bond acceptors (Lipinski definition) is 5. The lowest BCUT2D eigenvalue weighted by atomic mass is 9.98. The van der Waals surface area contributed by atoms with E-state index in [9.17, 15) is 14.9 Å². The first-order valence-corrected chi connectivity index (χ1v) is 6.25. The molecule has 6 nitrogen and oxygen atoms in total. The molecule has 6 heteroatoms. The molecule has 108 valence electrons. The van der Waals surface area contributed by atoms with Crippen LogP contribution in [0.5, 0.6) is 0 Å². The lowest BCUT2D eigenvalue weighted by Gasteiger charge is -2.11. The normalized spacial score (nSPS) is 10.2. The van der Waals surface area contributed by atoms with Crippen molar-refractivity contribution in [3.63, 3.8) is 0 Å². The van der Waals surface area contributed by atoms with E-state index in [4.69, 9.17) is 4.74 Å². The highest BCUT2D eigenvalue weighted by Crippen LogP contribution is 2.29. The largest absolute Gasteiger partial charge is 0.465 e. The van der Waals surface area contributed by atoms with Crippen LogP contribution >= 0.6 is 0 Å². The van der Waals surface area contributed by atoms with Crippen LogP contribution in [0.2, 0.25) is 0 Å². The van der Waals surface area contributed by atoms with Crippen molar-refractivity contribution in [2.75, 3.05) is 7.11 Å². The van der Waals surface area contributed by atoms with Crippen LogP contribution in [-0.2, 0) is 4.74 Å². The van der Waals surface area contributed by atoms with Gasteiger partial charge in [-0.3, -0.25) is 15.1 Å². The Labute approximate surface area is 121 Å². The van der Waals surface area contributed by atoms with Crippen molar-refractivity contribution in [1.29, 1.82) is 0 Å². The molecule has 0 radical (unpaired) electrons. The van der Waals surface area contributed by atoms with Crippen LogP contribution in [-0.4, -0.2) is 23.0 Å². The maximum atomic E-state index is 12.0. The van der Waals surface area contributed by atoms with Crippen LogP contribution in [0, 0.1) is 24.0 Å². The molecule has 1 heterocycles. The van der Waals surface area contributed by atoms with Crippen molar-refractivity contribution in [3.05, 3.63) is 57.4 Å². The van der Waals surface area contributed by atoms with Gasteiger partial charge in [0.15, 0.2) is 0 Å². The van der Waals surface area contributed by atoms with Gasteiger partial charge < -0.3 is 4.74 Å². The minimum absolute atomic E-state index is 0.0320. The number of benzene rings is 1. The number of pyridine rings is 1. The average Bonchev–Trinajstić information content (AvgIpc) is 2.45. The quantitative estimate of drug-likeness (QED) is 0.492. The molecule has 2 rings (SSSR count). The SMILES string of the molecule is COC(=O)c1c(-c2cccc([N+](=O)[O-])c2)cc(C)nc1C. The molecule has 0 bridgehead atoms. The average molecular weight is 286 g/mol. The molecule has 0 aliphatic heterocycles. The van der Waals surface area contributed by atoms with Crippen molar-refractivity contribution in [3.8, 4) is 11.1 Å². The van der Waals surface area contributed by atoms with Crippen molar-refractivity contribution in [1.82, 2.24) is 4.98 Å². The van der Waals surface area contributed by atoms with Gasteiger partial charge >= 0.3 is 5.97 Å². The van der Waals surface area contributed by atoms with Gasteiger partial charge in [-0.05, 0) is 25.5 Å². The Balaban J connectivity index is 2.70. The number of hydrogen-bond donors (Lipinski definition) is 0. The van der Waals surface area contributed by atoms with E-state index in [1.54, 1.807) is 32.0 Å². The molecule has 1 aromatic heterocycles. The minimum atomic E-state index is -0.512. The third-order valence-electron chi connectivity index (χ3n) is 3.09. The molecule has 0 amide bonds. The van der Waals surface area contributed by atoms with Crippen LogP contribution in [0.15, 0.2) is 30.3 Å². The van der Waals surface area contributed by atoms with Gasteiger partial charge in [-0.15, -0.1) is 0 Å². The predicted octanol–water partition coefficient (Wildman–Crippen LogP) is 3.06. The molecule has 1 aromatic carbocycles. The Kier molecular flexibility index (Phi) is 3.98. The van der Waals surface area contributed by atoms with Gasteiger partial charge in [-0.25, -0.2) is 4.79 Å². The third kappa shape index (κ3) is 2.89. The second kappa shape index (κ2) is 5.70. The standard InChI is InChI=1S/C15H14N2O4/c1-9-7-13(14(10(2)16-9)15(18)21-3)11-5-4-6-12(8-11)17(19)20/h4-8H,1-3H3. The number of esters is 1. The van der Waals surface area contributed by atoms with Crippen molar-refractivity contribution in [2.24, 2.45) is 0 Å². The summed E-state index contributed by atoms with van der Waals surface area (Å²) in [4.78, 5) is 26.6. The molecule has 2 aromatic rings. The van der Waals surface area contributed by atoms with E-state index in [0.717, 1.165) is 5.69 Å². The molecule has 0 fully saturated rings. The van der Waals surface area contributed by atoms with E-state index in [0.29, 0.717) is 22.4 Å². The number of nitro benzene ring substituents is 1. The zero-order valence-corrected chi connectivity index (χ0v) is 11.9. The number of nitro groups is 1. The van der Waals surface area contributed by atoms with Gasteiger partial charge in [-0.1, -0.05) is 12.1 Å². The number of rotatable bonds is 3. The molecule has 0 saturated carbocycles. The lowest BCUT2D eigenvalue weighted by molar-refractivity contribution is -0.384. The lowest BCUT2D eigenvalue weighted by Crippen LogP contribution is -2.08. The molecule has 0 spiro atoms. The maximum absolute atomic E-state index is 12.0. The van der Waals surface area contributed by atoms with Crippen LogP contribution < -0.4 is 0 Å². The number of non-ortho nitro benzene ring substituents is 1. The van der Waals surface area contributed by atoms with Gasteiger partial charge in [0, 0.05) is 23.4 Å². The first kappa shape index (κ1) is 14.6. The highest BCUT2D eigenvalue weighted by Gasteiger charge is 2.19. The van der Waals surface area contributed by atoms with E-state index < -0.39 is 10.9 Å². The summed E-state index contributed by atoms with van der Waals surface area (Å²) in [5.41, 5.74) is 2.71. The molecule has 0 aliphatic carbocycles. The smallest absolute Gasteiger partial charge is 0.340 e. The summed E-state index contributed by atoms with van der Waals surface area (Å²) < 4.78 is 4.78. The van der Waals surface area contributed by atoms with Gasteiger partial charge in [-0.2, -0.15) is 0 Å². The first-order valence-electron chi connectivity index (χ1n) is 6.25. The van der Waals surface area contributed by atoms with E-state index >= 15 is 0 Å². The number of methoxy groups -OCH3 is 1. The van der Waals surface area contributed by atoms with Gasteiger partial charge in [0.2, 0.25) is 0 Å². The number of carbonyl (C=O) groups excluding carboxylic acids is 1. The Morgan fingerprint density at radius 3 is 2.62 bits per heavy atom. The van der Waals surface area contributed by atoms with Crippen LogP contribution in [0.3, 0.4) is 0 Å². The van der Waals surface area contributed by atoms with E-state index in [-0.39, 0.29) is 5.69 Å². The van der Waals surface area contributed by atoms with Crippen LogP contribution in [0.1, 0.15) is 21.7 Å². The van der Waals surface area contributed by atoms with E-state index in [2.05, 4.69) is 4.98 Å². The molecule has 0 aliphatic rings. The summed E-state index contributed by atoms with van der Waals surface area (Å²) in [6.45, 7) is 3.51. The minimum Gasteiger partial charge on any atom is -0.465 e. The molecule has 0 unspecified atom stereocenters. The maximum Gasteiger partial charge on any atom is 0.340 e. The molecular formula is C15H14N2O4. The highest BCUT2D eigenvalue weighted by atomic mass is 16.6. The molecular weight excluding hydrogens is 272 g/mol. The van der Waals surface area contributed by atoms with Gasteiger partial charge in [0.25, 0.3) is 5.69 Å². The number of aryl methyl sites for hydroxylation is 2. The van der Waals surface area contributed by atoms with Crippen LogP contribution in [0.4, 0.5) is 5.69 Å². The Morgan fingerprint density at radius 2 is 2.00 bits per heavy atom. The number of aromatic nitrogens is 1. The Hall–Kier alpha value is -2.76. The topological polar surface area (TPSA) is 82.3 Å². The number of carbonyl (C=O) groups is 1. The highest BCUT2D eigenvalue weighted by molar-refractivity contribution is 5.98. The summed E-state index contributed by atoms with van der Waals surface area (Å²) in [5.74, 6) is -0.512. The van der Waals surface area contributed by atoms with E-state index in [1.165, 1.54) is 19.2 Å². The summed E-state index contributed by atoms with van der Waals surface area (Å²) >= 11 is 0. The zero-order chi connectivity index (χ0) is 15.6. The summed E-state index contributed by atoms with van der Waals surface area (Å²) in [6.07, 6.45) is 0. The van der Waals surface area contributed by atoms with Crippen LogP contribution in [0.25, 0.3) is 11.1 Å². The predicted molar refractivity (Wildman–Crippen MR) is 77.1 cm³/mol. The van der Waals surface area contributed by atoms with E-state index in [1.807, 2.05) is 0 Å². The summed E-state index contributed by atoms with van der Waals surface area (Å²) in [5, 5.41) is 10.9. The Bertz CT molecular complexity index is 726. The van der Waals surface area contributed by atoms with Crippen molar-refractivity contribution in [2.45, 2.75) is 13.8 Å². The van der Waals surface area contributed by atoms with Gasteiger partial charge in [0.05, 0.1) is 23.3 Å². The fraction of sp³-hybridized carbons (Fsp3) is 0.200. The third-order valence-corrected chi connectivity index (χ3v) is 3.09.